The Labute approximate surface area is 64.4 Å². The number of hydrogen-bond acceptors (Lipinski definition) is 4. The van der Waals surface area contributed by atoms with Crippen LogP contribution in [0.2, 0.25) is 0 Å². The predicted molar refractivity (Wildman–Crippen MR) is 37.1 cm³/mol. The molecular weight excluding hydrogens is 148 g/mol. The SMILES string of the molecule is NCC1CCN(O)C1C(=O)O. The van der Waals surface area contributed by atoms with Gasteiger partial charge in [0.2, 0.25) is 0 Å². The number of carbonyl (C=O) groups is 1. The highest BCUT2D eigenvalue weighted by Crippen LogP contribution is 2.21. The third kappa shape index (κ3) is 1.50. The second-order valence-electron chi connectivity index (χ2n) is 2.73. The van der Waals surface area contributed by atoms with Crippen LogP contribution in [-0.2, 0) is 4.79 Å². The summed E-state index contributed by atoms with van der Waals surface area (Å²) in [4.78, 5) is 10.5. The highest BCUT2D eigenvalue weighted by molar-refractivity contribution is 5.74. The van der Waals surface area contributed by atoms with E-state index in [4.69, 9.17) is 16.0 Å². The molecule has 2 atom stereocenters. The smallest absolute Gasteiger partial charge is 0.323 e. The van der Waals surface area contributed by atoms with Crippen molar-refractivity contribution >= 4 is 5.97 Å². The summed E-state index contributed by atoms with van der Waals surface area (Å²) in [6.07, 6.45) is 0.657. The van der Waals surface area contributed by atoms with Gasteiger partial charge in [-0.05, 0) is 13.0 Å². The average molecular weight is 160 g/mol. The van der Waals surface area contributed by atoms with Crippen LogP contribution < -0.4 is 5.73 Å². The lowest BCUT2D eigenvalue weighted by Gasteiger charge is -2.17. The fourth-order valence-electron chi connectivity index (χ4n) is 1.41. The van der Waals surface area contributed by atoms with E-state index in [1.165, 1.54) is 0 Å². The molecule has 0 saturated carbocycles. The summed E-state index contributed by atoms with van der Waals surface area (Å²) in [5.74, 6) is -1.11. The summed E-state index contributed by atoms with van der Waals surface area (Å²) >= 11 is 0. The number of rotatable bonds is 2. The number of carboxylic acid groups (broad SMARTS) is 1. The Bertz CT molecular complexity index is 162. The van der Waals surface area contributed by atoms with Gasteiger partial charge in [-0.2, -0.15) is 5.06 Å². The molecule has 1 saturated heterocycles. The number of nitrogens with two attached hydrogens (primary N) is 1. The van der Waals surface area contributed by atoms with Crippen LogP contribution in [0, 0.1) is 5.92 Å². The number of hydroxylamine groups is 2. The molecule has 64 valence electrons. The molecule has 0 aromatic heterocycles. The van der Waals surface area contributed by atoms with Gasteiger partial charge < -0.3 is 16.0 Å². The van der Waals surface area contributed by atoms with Crippen molar-refractivity contribution in [2.45, 2.75) is 12.5 Å². The van der Waals surface area contributed by atoms with Gasteiger partial charge in [-0.1, -0.05) is 0 Å². The van der Waals surface area contributed by atoms with E-state index in [1.54, 1.807) is 0 Å². The molecule has 1 aliphatic rings. The summed E-state index contributed by atoms with van der Waals surface area (Å²) in [6.45, 7) is 0.715. The highest BCUT2D eigenvalue weighted by Gasteiger charge is 2.37. The van der Waals surface area contributed by atoms with Crippen molar-refractivity contribution in [3.05, 3.63) is 0 Å². The van der Waals surface area contributed by atoms with E-state index >= 15 is 0 Å². The average Bonchev–Trinajstić information content (AvgIpc) is 2.30. The van der Waals surface area contributed by atoms with E-state index in [9.17, 15) is 4.79 Å². The molecule has 1 rings (SSSR count). The van der Waals surface area contributed by atoms with Crippen molar-refractivity contribution in [3.8, 4) is 0 Å². The summed E-state index contributed by atoms with van der Waals surface area (Å²) in [5.41, 5.74) is 5.32. The van der Waals surface area contributed by atoms with Crippen LogP contribution in [0.3, 0.4) is 0 Å². The normalized spacial score (nSPS) is 32.5. The largest absolute Gasteiger partial charge is 0.480 e. The van der Waals surface area contributed by atoms with Crippen LogP contribution in [0.1, 0.15) is 6.42 Å². The standard InChI is InChI=1S/C6H12N2O3/c7-3-4-1-2-8(11)5(4)6(9)10/h4-5,11H,1-3,7H2,(H,9,10). The Morgan fingerprint density at radius 1 is 1.73 bits per heavy atom. The molecule has 0 spiro atoms. The zero-order chi connectivity index (χ0) is 8.43. The first-order chi connectivity index (χ1) is 5.16. The van der Waals surface area contributed by atoms with Crippen molar-refractivity contribution in [3.63, 3.8) is 0 Å². The maximum atomic E-state index is 10.5. The number of nitrogens with zero attached hydrogens (tertiary/aromatic N) is 1. The molecule has 2 unspecified atom stereocenters. The van der Waals surface area contributed by atoms with Crippen LogP contribution >= 0.6 is 0 Å². The fraction of sp³-hybridized carbons (Fsp3) is 0.833. The van der Waals surface area contributed by atoms with Crippen LogP contribution in [0.4, 0.5) is 0 Å². The summed E-state index contributed by atoms with van der Waals surface area (Å²) in [7, 11) is 0. The second-order valence-corrected chi connectivity index (χ2v) is 2.73. The molecule has 1 aliphatic heterocycles. The molecule has 0 amide bonds. The zero-order valence-electron chi connectivity index (χ0n) is 6.10. The van der Waals surface area contributed by atoms with Gasteiger partial charge in [-0.15, -0.1) is 0 Å². The first-order valence-corrected chi connectivity index (χ1v) is 3.55. The lowest BCUT2D eigenvalue weighted by Crippen LogP contribution is -2.39. The van der Waals surface area contributed by atoms with Gasteiger partial charge in [0.15, 0.2) is 0 Å². The summed E-state index contributed by atoms with van der Waals surface area (Å²) < 4.78 is 0. The maximum Gasteiger partial charge on any atom is 0.323 e. The molecule has 5 nitrogen and oxygen atoms in total. The third-order valence-electron chi connectivity index (χ3n) is 2.05. The Hall–Kier alpha value is -0.650. The minimum absolute atomic E-state index is 0.113. The topological polar surface area (TPSA) is 86.8 Å². The number of carboxylic acids is 1. The molecule has 11 heavy (non-hydrogen) atoms. The van der Waals surface area contributed by atoms with Crippen molar-refractivity contribution < 1.29 is 15.1 Å². The molecule has 0 bridgehead atoms. The van der Waals surface area contributed by atoms with Crippen LogP contribution in [0.15, 0.2) is 0 Å². The minimum atomic E-state index is -1.000. The van der Waals surface area contributed by atoms with Gasteiger partial charge >= 0.3 is 5.97 Å². The van der Waals surface area contributed by atoms with Crippen molar-refractivity contribution in [2.75, 3.05) is 13.1 Å². The quantitative estimate of drug-likeness (QED) is 0.487. The molecule has 5 heteroatoms. The molecule has 0 aliphatic carbocycles. The van der Waals surface area contributed by atoms with E-state index < -0.39 is 12.0 Å². The monoisotopic (exact) mass is 160 g/mol. The van der Waals surface area contributed by atoms with Gasteiger partial charge in [-0.25, -0.2) is 0 Å². The fourth-order valence-corrected chi connectivity index (χ4v) is 1.41. The lowest BCUT2D eigenvalue weighted by atomic mass is 10.0. The first kappa shape index (κ1) is 8.45. The Balaban J connectivity index is 2.63. The summed E-state index contributed by atoms with van der Waals surface area (Å²) in [5, 5.41) is 18.5. The Morgan fingerprint density at radius 2 is 2.36 bits per heavy atom. The van der Waals surface area contributed by atoms with E-state index in [0.717, 1.165) is 5.06 Å². The highest BCUT2D eigenvalue weighted by atomic mass is 16.5. The summed E-state index contributed by atoms with van der Waals surface area (Å²) in [6, 6.07) is -0.806. The van der Waals surface area contributed by atoms with Gasteiger partial charge in [0.1, 0.15) is 6.04 Å². The zero-order valence-corrected chi connectivity index (χ0v) is 6.10. The predicted octanol–water partition coefficient (Wildman–Crippen LogP) is -0.891. The molecular formula is C6H12N2O3. The molecule has 0 aromatic rings. The first-order valence-electron chi connectivity index (χ1n) is 3.55. The second kappa shape index (κ2) is 3.17. The van der Waals surface area contributed by atoms with E-state index in [0.29, 0.717) is 19.5 Å². The van der Waals surface area contributed by atoms with Crippen LogP contribution in [-0.4, -0.2) is 40.5 Å². The molecule has 0 radical (unpaired) electrons. The Kier molecular flexibility index (Phi) is 2.43. The molecule has 4 N–H and O–H groups in total. The minimum Gasteiger partial charge on any atom is -0.480 e. The molecule has 1 heterocycles. The van der Waals surface area contributed by atoms with Gasteiger partial charge in [0.25, 0.3) is 0 Å². The van der Waals surface area contributed by atoms with E-state index in [-0.39, 0.29) is 5.92 Å². The van der Waals surface area contributed by atoms with Gasteiger partial charge in [0.05, 0.1) is 0 Å². The van der Waals surface area contributed by atoms with E-state index in [2.05, 4.69) is 0 Å². The van der Waals surface area contributed by atoms with Crippen LogP contribution in [0.25, 0.3) is 0 Å². The van der Waals surface area contributed by atoms with Gasteiger partial charge in [-0.3, -0.25) is 4.79 Å². The number of aliphatic carboxylic acids is 1. The van der Waals surface area contributed by atoms with Crippen molar-refractivity contribution in [1.82, 2.24) is 5.06 Å². The van der Waals surface area contributed by atoms with Crippen molar-refractivity contribution in [2.24, 2.45) is 11.7 Å². The van der Waals surface area contributed by atoms with Crippen molar-refractivity contribution in [1.29, 1.82) is 0 Å². The van der Waals surface area contributed by atoms with E-state index in [1.807, 2.05) is 0 Å². The molecule has 1 fully saturated rings. The Morgan fingerprint density at radius 3 is 2.73 bits per heavy atom. The lowest BCUT2D eigenvalue weighted by molar-refractivity contribution is -0.163. The maximum absolute atomic E-state index is 10.5. The number of hydrogen-bond donors (Lipinski definition) is 3. The van der Waals surface area contributed by atoms with Crippen LogP contribution in [0.5, 0.6) is 0 Å². The van der Waals surface area contributed by atoms with Gasteiger partial charge in [0, 0.05) is 12.5 Å². The molecule has 0 aromatic carbocycles. The third-order valence-corrected chi connectivity index (χ3v) is 2.05.